The van der Waals surface area contributed by atoms with E-state index in [9.17, 15) is 5.11 Å². The second kappa shape index (κ2) is 8.35. The number of rotatable bonds is 4. The van der Waals surface area contributed by atoms with E-state index in [-0.39, 0.29) is 12.6 Å². The van der Waals surface area contributed by atoms with Crippen LogP contribution in [-0.2, 0) is 0 Å². The molecule has 146 valence electrons. The van der Waals surface area contributed by atoms with Crippen molar-refractivity contribution in [1.29, 1.82) is 0 Å². The highest BCUT2D eigenvalue weighted by molar-refractivity contribution is 5.39. The van der Waals surface area contributed by atoms with Gasteiger partial charge in [0.1, 0.15) is 0 Å². The Hall–Kier alpha value is -1.34. The van der Waals surface area contributed by atoms with Crippen LogP contribution in [0.15, 0.2) is 24.3 Å². The van der Waals surface area contributed by atoms with E-state index in [4.69, 9.17) is 0 Å². The first-order valence-corrected chi connectivity index (χ1v) is 10.9. The highest BCUT2D eigenvalue weighted by Gasteiger charge is 2.49. The summed E-state index contributed by atoms with van der Waals surface area (Å²) >= 11 is 0. The summed E-state index contributed by atoms with van der Waals surface area (Å²) in [4.78, 5) is 5.29. The third-order valence-corrected chi connectivity index (χ3v) is 6.47. The van der Waals surface area contributed by atoms with Gasteiger partial charge in [0.15, 0.2) is 0 Å². The normalized spacial score (nSPS) is 29.3. The molecular weight excluding hydrogens is 332 g/mol. The molecule has 3 nitrogen and oxygen atoms in total. The smallest absolute Gasteiger partial charge is 0.0593 e. The first kappa shape index (κ1) is 19.0. The molecule has 1 aromatic carbocycles. The van der Waals surface area contributed by atoms with Gasteiger partial charge in [-0.25, -0.2) is 0 Å². The van der Waals surface area contributed by atoms with Gasteiger partial charge in [0.05, 0.1) is 6.61 Å². The number of aliphatic hydroxyl groups is 1. The highest BCUT2D eigenvalue weighted by Crippen LogP contribution is 2.42. The lowest BCUT2D eigenvalue weighted by Crippen LogP contribution is -2.67. The lowest BCUT2D eigenvalue weighted by atomic mass is 9.74. The number of hydrogen-bond acceptors (Lipinski definition) is 3. The first-order chi connectivity index (χ1) is 13.2. The fraction of sp³-hybridized carbons (Fsp3) is 0.667. The standard InChI is InChI=1S/C24H34N2O/c1-18(2)5-6-19-9-11-21(12-10-19)24-22-16-25(15-20-7-8-20)13-3-4-14-26(22)23(24)17-27/h9-12,18,20,22-24,27H,3-4,7-8,13-17H2,1-2H3/t22-,23+,24+/m0/s1. The van der Waals surface area contributed by atoms with Crippen molar-refractivity contribution in [3.63, 3.8) is 0 Å². The number of fused-ring (bicyclic) bond motifs is 1. The van der Waals surface area contributed by atoms with Crippen LogP contribution in [0.2, 0.25) is 0 Å². The van der Waals surface area contributed by atoms with Crippen molar-refractivity contribution >= 4 is 0 Å². The van der Waals surface area contributed by atoms with Crippen LogP contribution in [0.1, 0.15) is 56.6 Å². The zero-order valence-corrected chi connectivity index (χ0v) is 16.9. The molecule has 3 heteroatoms. The number of aliphatic hydroxyl groups excluding tert-OH is 1. The maximum atomic E-state index is 10.1. The molecule has 3 fully saturated rings. The van der Waals surface area contributed by atoms with Crippen LogP contribution in [-0.4, -0.2) is 59.8 Å². The maximum absolute atomic E-state index is 10.1. The summed E-state index contributed by atoms with van der Waals surface area (Å²) in [6.45, 7) is 9.34. The van der Waals surface area contributed by atoms with Crippen LogP contribution in [0.25, 0.3) is 0 Å². The molecule has 27 heavy (non-hydrogen) atoms. The Morgan fingerprint density at radius 2 is 1.85 bits per heavy atom. The Balaban J connectivity index is 1.50. The largest absolute Gasteiger partial charge is 0.395 e. The van der Waals surface area contributed by atoms with E-state index >= 15 is 0 Å². The molecule has 0 radical (unpaired) electrons. The molecule has 1 aromatic rings. The lowest BCUT2D eigenvalue weighted by Gasteiger charge is -2.57. The Morgan fingerprint density at radius 1 is 1.11 bits per heavy atom. The molecule has 3 aliphatic rings. The highest BCUT2D eigenvalue weighted by atomic mass is 16.3. The molecule has 2 saturated heterocycles. The van der Waals surface area contributed by atoms with Crippen LogP contribution in [0.4, 0.5) is 0 Å². The van der Waals surface area contributed by atoms with E-state index in [1.54, 1.807) is 0 Å². The van der Waals surface area contributed by atoms with Gasteiger partial charge in [0.25, 0.3) is 0 Å². The number of hydrogen-bond donors (Lipinski definition) is 1. The second-order valence-electron chi connectivity index (χ2n) is 9.04. The predicted molar refractivity (Wildman–Crippen MR) is 111 cm³/mol. The Morgan fingerprint density at radius 3 is 2.52 bits per heavy atom. The maximum Gasteiger partial charge on any atom is 0.0593 e. The summed E-state index contributed by atoms with van der Waals surface area (Å²) in [6.07, 6.45) is 5.39. The Kier molecular flexibility index (Phi) is 5.88. The fourth-order valence-corrected chi connectivity index (χ4v) is 4.86. The predicted octanol–water partition coefficient (Wildman–Crippen LogP) is 3.33. The Labute approximate surface area is 164 Å². The summed E-state index contributed by atoms with van der Waals surface area (Å²) in [5.74, 6) is 8.30. The monoisotopic (exact) mass is 366 g/mol. The molecule has 4 rings (SSSR count). The third kappa shape index (κ3) is 4.40. The van der Waals surface area contributed by atoms with Gasteiger partial charge in [-0.2, -0.15) is 0 Å². The molecule has 2 aliphatic heterocycles. The molecule has 0 spiro atoms. The van der Waals surface area contributed by atoms with Crippen LogP contribution < -0.4 is 0 Å². The third-order valence-electron chi connectivity index (χ3n) is 6.47. The van der Waals surface area contributed by atoms with Crippen LogP contribution in [0.5, 0.6) is 0 Å². The van der Waals surface area contributed by atoms with Gasteiger partial charge in [-0.05, 0) is 62.4 Å². The molecule has 0 bridgehead atoms. The number of benzene rings is 1. The van der Waals surface area contributed by atoms with Gasteiger partial charge < -0.3 is 10.0 Å². The molecule has 1 aliphatic carbocycles. The first-order valence-electron chi connectivity index (χ1n) is 10.9. The van der Waals surface area contributed by atoms with Crippen molar-refractivity contribution < 1.29 is 5.11 Å². The molecule has 2 heterocycles. The van der Waals surface area contributed by atoms with E-state index in [1.807, 2.05) is 0 Å². The van der Waals surface area contributed by atoms with E-state index in [0.29, 0.717) is 17.9 Å². The summed E-state index contributed by atoms with van der Waals surface area (Å²) in [7, 11) is 0. The summed E-state index contributed by atoms with van der Waals surface area (Å²) in [5.41, 5.74) is 2.47. The molecule has 1 saturated carbocycles. The van der Waals surface area contributed by atoms with Crippen molar-refractivity contribution in [2.75, 3.05) is 32.8 Å². The molecule has 1 N–H and O–H groups in total. The summed E-state index contributed by atoms with van der Waals surface area (Å²) < 4.78 is 0. The minimum absolute atomic E-state index is 0.263. The van der Waals surface area contributed by atoms with Gasteiger partial charge in [-0.15, -0.1) is 0 Å². The van der Waals surface area contributed by atoms with E-state index in [0.717, 1.165) is 24.6 Å². The molecule has 0 aromatic heterocycles. The second-order valence-corrected chi connectivity index (χ2v) is 9.04. The minimum atomic E-state index is 0.263. The fourth-order valence-electron chi connectivity index (χ4n) is 4.86. The van der Waals surface area contributed by atoms with Gasteiger partial charge in [0, 0.05) is 42.6 Å². The molecule has 3 atom stereocenters. The van der Waals surface area contributed by atoms with Crippen molar-refractivity contribution in [3.8, 4) is 11.8 Å². The average molecular weight is 367 g/mol. The van der Waals surface area contributed by atoms with Crippen LogP contribution in [0.3, 0.4) is 0 Å². The Bertz CT molecular complexity index is 683. The summed E-state index contributed by atoms with van der Waals surface area (Å²) in [5, 5.41) is 10.1. The average Bonchev–Trinajstić information content (AvgIpc) is 3.45. The lowest BCUT2D eigenvalue weighted by molar-refractivity contribution is -0.0649. The molecule has 0 amide bonds. The number of nitrogens with zero attached hydrogens (tertiary/aromatic N) is 2. The van der Waals surface area contributed by atoms with Crippen molar-refractivity contribution in [1.82, 2.24) is 9.80 Å². The topological polar surface area (TPSA) is 26.7 Å². The molecule has 0 unspecified atom stereocenters. The molecular formula is C24H34N2O. The quantitative estimate of drug-likeness (QED) is 0.828. The minimum Gasteiger partial charge on any atom is -0.395 e. The zero-order chi connectivity index (χ0) is 18.8. The van der Waals surface area contributed by atoms with E-state index < -0.39 is 0 Å². The van der Waals surface area contributed by atoms with Gasteiger partial charge >= 0.3 is 0 Å². The van der Waals surface area contributed by atoms with Gasteiger partial charge in [-0.3, -0.25) is 4.90 Å². The van der Waals surface area contributed by atoms with Crippen molar-refractivity contribution in [2.24, 2.45) is 11.8 Å². The summed E-state index contributed by atoms with van der Waals surface area (Å²) in [6, 6.07) is 9.65. The van der Waals surface area contributed by atoms with Gasteiger partial charge in [0.2, 0.25) is 0 Å². The van der Waals surface area contributed by atoms with Crippen molar-refractivity contribution in [2.45, 2.75) is 57.5 Å². The zero-order valence-electron chi connectivity index (χ0n) is 16.9. The SMILES string of the molecule is CC(C)C#Cc1ccc([C@H]2[C@@H](CO)N3CCCCN(CC4CC4)C[C@@H]23)cc1. The van der Waals surface area contributed by atoms with Crippen LogP contribution in [0, 0.1) is 23.7 Å². The van der Waals surface area contributed by atoms with E-state index in [1.165, 1.54) is 44.3 Å². The van der Waals surface area contributed by atoms with Gasteiger partial charge in [-0.1, -0.05) is 37.8 Å². The van der Waals surface area contributed by atoms with E-state index in [2.05, 4.69) is 59.8 Å². The van der Waals surface area contributed by atoms with Crippen molar-refractivity contribution in [3.05, 3.63) is 35.4 Å². The van der Waals surface area contributed by atoms with Crippen LogP contribution >= 0.6 is 0 Å².